The van der Waals surface area contributed by atoms with Crippen LogP contribution in [-0.2, 0) is 11.2 Å². The van der Waals surface area contributed by atoms with Gasteiger partial charge >= 0.3 is 0 Å². The van der Waals surface area contributed by atoms with Crippen molar-refractivity contribution in [2.75, 3.05) is 13.2 Å². The monoisotopic (exact) mass is 423 g/mol. The van der Waals surface area contributed by atoms with Crippen LogP contribution in [0.25, 0.3) is 5.69 Å². The molecule has 2 aromatic carbocycles. The summed E-state index contributed by atoms with van der Waals surface area (Å²) in [6.07, 6.45) is 1.06. The minimum absolute atomic E-state index is 0.0931. The summed E-state index contributed by atoms with van der Waals surface area (Å²) >= 11 is 0. The molecule has 1 N–H and O–H groups in total. The number of aryl methyl sites for hydroxylation is 1. The van der Waals surface area contributed by atoms with Gasteiger partial charge in [-0.2, -0.15) is 5.10 Å². The molecule has 4 rings (SSSR count). The topological polar surface area (TPSA) is 65.4 Å². The van der Waals surface area contributed by atoms with Crippen molar-refractivity contribution in [1.82, 2.24) is 15.1 Å². The highest BCUT2D eigenvalue weighted by atomic mass is 19.1. The van der Waals surface area contributed by atoms with E-state index in [9.17, 15) is 9.18 Å². The molecule has 0 fully saturated rings. The van der Waals surface area contributed by atoms with Crippen LogP contribution < -0.4 is 14.8 Å². The maximum atomic E-state index is 13.2. The SMILES string of the molecule is Cc1nn(-c2ccc(F)cc2)c(C)c1CC(=O)NC(C)c1ccc2c(c1)OCCCO2. The number of fused-ring (bicyclic) bond motifs is 1. The van der Waals surface area contributed by atoms with Crippen molar-refractivity contribution >= 4 is 5.91 Å². The van der Waals surface area contributed by atoms with Crippen molar-refractivity contribution in [3.63, 3.8) is 0 Å². The summed E-state index contributed by atoms with van der Waals surface area (Å²) in [6, 6.07) is 11.7. The van der Waals surface area contributed by atoms with Crippen molar-refractivity contribution < 1.29 is 18.7 Å². The lowest BCUT2D eigenvalue weighted by Crippen LogP contribution is -2.28. The number of amides is 1. The molecule has 7 heteroatoms. The van der Waals surface area contributed by atoms with E-state index in [1.165, 1.54) is 12.1 Å². The summed E-state index contributed by atoms with van der Waals surface area (Å²) in [5, 5.41) is 7.60. The zero-order valence-corrected chi connectivity index (χ0v) is 17.9. The van der Waals surface area contributed by atoms with Gasteiger partial charge in [0, 0.05) is 17.7 Å². The van der Waals surface area contributed by atoms with Crippen molar-refractivity contribution in [2.45, 2.75) is 39.7 Å². The van der Waals surface area contributed by atoms with E-state index in [0.29, 0.717) is 19.0 Å². The average molecular weight is 423 g/mol. The maximum absolute atomic E-state index is 13.2. The number of benzene rings is 2. The van der Waals surface area contributed by atoms with Crippen molar-refractivity contribution in [3.8, 4) is 17.2 Å². The molecule has 0 aliphatic carbocycles. The van der Waals surface area contributed by atoms with Gasteiger partial charge in [-0.25, -0.2) is 9.07 Å². The van der Waals surface area contributed by atoms with Crippen molar-refractivity contribution in [2.24, 2.45) is 0 Å². The highest BCUT2D eigenvalue weighted by Crippen LogP contribution is 2.32. The maximum Gasteiger partial charge on any atom is 0.225 e. The van der Waals surface area contributed by atoms with Crippen LogP contribution in [0.3, 0.4) is 0 Å². The molecule has 0 saturated carbocycles. The first kappa shape index (κ1) is 20.9. The molecule has 1 aromatic heterocycles. The number of nitrogens with zero attached hydrogens (tertiary/aromatic N) is 2. The van der Waals surface area contributed by atoms with Crippen LogP contribution in [0.15, 0.2) is 42.5 Å². The molecule has 0 bridgehead atoms. The van der Waals surface area contributed by atoms with Crippen LogP contribution in [0.2, 0.25) is 0 Å². The molecule has 1 aliphatic heterocycles. The minimum Gasteiger partial charge on any atom is -0.490 e. The van der Waals surface area contributed by atoms with Gasteiger partial charge in [0.25, 0.3) is 0 Å². The summed E-state index contributed by atoms with van der Waals surface area (Å²) in [6.45, 7) is 7.00. The van der Waals surface area contributed by atoms with E-state index in [0.717, 1.165) is 40.4 Å². The summed E-state index contributed by atoms with van der Waals surface area (Å²) in [5.74, 6) is 1.06. The van der Waals surface area contributed by atoms with E-state index in [1.807, 2.05) is 39.0 Å². The fraction of sp³-hybridized carbons (Fsp3) is 0.333. The lowest BCUT2D eigenvalue weighted by Gasteiger charge is -2.16. The number of hydrogen-bond donors (Lipinski definition) is 1. The Morgan fingerprint density at radius 1 is 1.13 bits per heavy atom. The molecule has 6 nitrogen and oxygen atoms in total. The lowest BCUT2D eigenvalue weighted by molar-refractivity contribution is -0.121. The fourth-order valence-electron chi connectivity index (χ4n) is 3.75. The zero-order valence-electron chi connectivity index (χ0n) is 17.9. The minimum atomic E-state index is -0.298. The fourth-order valence-corrected chi connectivity index (χ4v) is 3.75. The molecule has 1 atom stereocenters. The lowest BCUT2D eigenvalue weighted by atomic mass is 10.1. The molecule has 31 heavy (non-hydrogen) atoms. The molecule has 2 heterocycles. The standard InChI is InChI=1S/C24H26FN3O3/c1-15(18-5-10-22-23(13-18)31-12-4-11-30-22)26-24(29)14-21-16(2)27-28(17(21)3)20-8-6-19(25)7-9-20/h5-10,13,15H,4,11-12,14H2,1-3H3,(H,26,29). The predicted octanol–water partition coefficient (Wildman–Crippen LogP) is 4.21. The molecule has 0 spiro atoms. The van der Waals surface area contributed by atoms with Gasteiger partial charge < -0.3 is 14.8 Å². The van der Waals surface area contributed by atoms with E-state index in [2.05, 4.69) is 10.4 Å². The zero-order chi connectivity index (χ0) is 22.0. The Hall–Kier alpha value is -3.35. The van der Waals surface area contributed by atoms with Gasteiger partial charge in [-0.1, -0.05) is 6.07 Å². The first-order chi connectivity index (χ1) is 14.9. The van der Waals surface area contributed by atoms with Crippen LogP contribution in [0.5, 0.6) is 11.5 Å². The Balaban J connectivity index is 1.46. The molecule has 3 aromatic rings. The molecule has 0 radical (unpaired) electrons. The van der Waals surface area contributed by atoms with Gasteiger partial charge in [-0.05, 0) is 62.7 Å². The molecule has 1 aliphatic rings. The first-order valence-corrected chi connectivity index (χ1v) is 10.4. The van der Waals surface area contributed by atoms with Crippen molar-refractivity contribution in [1.29, 1.82) is 0 Å². The third-order valence-electron chi connectivity index (χ3n) is 5.50. The Morgan fingerprint density at radius 3 is 2.58 bits per heavy atom. The average Bonchev–Trinajstić information content (AvgIpc) is 2.92. The molecular weight excluding hydrogens is 397 g/mol. The summed E-state index contributed by atoms with van der Waals surface area (Å²) in [7, 11) is 0. The van der Waals surface area contributed by atoms with E-state index in [-0.39, 0.29) is 24.2 Å². The van der Waals surface area contributed by atoms with Crippen LogP contribution in [-0.4, -0.2) is 28.9 Å². The summed E-state index contributed by atoms with van der Waals surface area (Å²) < 4.78 is 26.4. The number of carbonyl (C=O) groups excluding carboxylic acids is 1. The number of hydrogen-bond acceptors (Lipinski definition) is 4. The number of halogens is 1. The Morgan fingerprint density at radius 2 is 1.84 bits per heavy atom. The molecule has 162 valence electrons. The number of rotatable bonds is 5. The molecule has 0 saturated heterocycles. The van der Waals surface area contributed by atoms with E-state index in [4.69, 9.17) is 9.47 Å². The second-order valence-corrected chi connectivity index (χ2v) is 7.76. The van der Waals surface area contributed by atoms with Gasteiger partial charge in [0.1, 0.15) is 5.82 Å². The number of ether oxygens (including phenoxy) is 2. The van der Waals surface area contributed by atoms with E-state index >= 15 is 0 Å². The van der Waals surface area contributed by atoms with Gasteiger partial charge in [0.05, 0.1) is 37.1 Å². The molecule has 1 amide bonds. The number of aromatic nitrogens is 2. The van der Waals surface area contributed by atoms with Crippen LogP contribution in [0.4, 0.5) is 4.39 Å². The van der Waals surface area contributed by atoms with Crippen LogP contribution >= 0.6 is 0 Å². The molecule has 1 unspecified atom stereocenters. The van der Waals surface area contributed by atoms with Gasteiger partial charge in [0.15, 0.2) is 11.5 Å². The van der Waals surface area contributed by atoms with Gasteiger partial charge in [-0.15, -0.1) is 0 Å². The third-order valence-corrected chi connectivity index (χ3v) is 5.50. The third kappa shape index (κ3) is 4.55. The first-order valence-electron chi connectivity index (χ1n) is 10.4. The summed E-state index contributed by atoms with van der Waals surface area (Å²) in [5.41, 5.74) is 4.22. The Labute approximate surface area is 181 Å². The van der Waals surface area contributed by atoms with Gasteiger partial charge in [0.2, 0.25) is 5.91 Å². The quantitative estimate of drug-likeness (QED) is 0.668. The number of nitrogens with one attached hydrogen (secondary N) is 1. The van der Waals surface area contributed by atoms with E-state index in [1.54, 1.807) is 16.8 Å². The number of carbonyl (C=O) groups is 1. The second kappa shape index (κ2) is 8.79. The molecular formula is C24H26FN3O3. The summed E-state index contributed by atoms with van der Waals surface area (Å²) in [4.78, 5) is 12.8. The smallest absolute Gasteiger partial charge is 0.225 e. The van der Waals surface area contributed by atoms with Crippen LogP contribution in [0.1, 0.15) is 41.9 Å². The van der Waals surface area contributed by atoms with Gasteiger partial charge in [-0.3, -0.25) is 4.79 Å². The Kier molecular flexibility index (Phi) is 5.93. The largest absolute Gasteiger partial charge is 0.490 e. The highest BCUT2D eigenvalue weighted by Gasteiger charge is 2.19. The predicted molar refractivity (Wildman–Crippen MR) is 115 cm³/mol. The van der Waals surface area contributed by atoms with E-state index < -0.39 is 0 Å². The van der Waals surface area contributed by atoms with Crippen LogP contribution in [0, 0.1) is 19.7 Å². The normalized spacial score (nSPS) is 14.1. The Bertz CT molecular complexity index is 1090. The second-order valence-electron chi connectivity index (χ2n) is 7.76. The highest BCUT2D eigenvalue weighted by molar-refractivity contribution is 5.79. The van der Waals surface area contributed by atoms with Crippen molar-refractivity contribution in [3.05, 3.63) is 70.8 Å².